The van der Waals surface area contributed by atoms with Crippen LogP contribution in [0.1, 0.15) is 20.8 Å². The van der Waals surface area contributed by atoms with Crippen LogP contribution in [-0.2, 0) is 23.5 Å². The van der Waals surface area contributed by atoms with Crippen LogP contribution in [0.3, 0.4) is 0 Å². The van der Waals surface area contributed by atoms with Gasteiger partial charge in [0.1, 0.15) is 6.10 Å². The van der Waals surface area contributed by atoms with Crippen molar-refractivity contribution in [2.45, 2.75) is 51.1 Å². The summed E-state index contributed by atoms with van der Waals surface area (Å²) in [6.45, 7) is 11.3. The lowest BCUT2D eigenvalue weighted by Crippen LogP contribution is -2.47. The van der Waals surface area contributed by atoms with Gasteiger partial charge in [0, 0.05) is 0 Å². The molecule has 0 radical (unpaired) electrons. The summed E-state index contributed by atoms with van der Waals surface area (Å²) in [4.78, 5) is 0. The summed E-state index contributed by atoms with van der Waals surface area (Å²) in [6.07, 6.45) is 0.240. The summed E-state index contributed by atoms with van der Waals surface area (Å²) >= 11 is 0. The fourth-order valence-electron chi connectivity index (χ4n) is 1.49. The molecule has 0 aromatic heterocycles. The third-order valence-corrected chi connectivity index (χ3v) is 8.63. The second-order valence-electron chi connectivity index (χ2n) is 6.29. The zero-order valence-electron chi connectivity index (χ0n) is 12.0. The molecule has 18 heavy (non-hydrogen) atoms. The lowest BCUT2D eigenvalue weighted by Gasteiger charge is -2.39. The molecule has 0 aliphatic carbocycles. The highest BCUT2D eigenvalue weighted by molar-refractivity contribution is 7.86. The van der Waals surface area contributed by atoms with Crippen molar-refractivity contribution in [2.24, 2.45) is 0 Å². The standard InChI is InChI=1S/C11H24O5SSi/c1-11(2,3)18(5,6)16-10-8-14-7-9(10)15-17(4,12)13/h9-10H,7-8H2,1-6H3/t9-,10+/m0/s1. The van der Waals surface area contributed by atoms with E-state index < -0.39 is 24.5 Å². The molecule has 0 N–H and O–H groups in total. The molecule has 0 bridgehead atoms. The predicted molar refractivity (Wildman–Crippen MR) is 72.6 cm³/mol. The Balaban J connectivity index is 2.72. The third-order valence-electron chi connectivity index (χ3n) is 3.53. The SMILES string of the molecule is CC(C)(C)[Si](C)(C)O[C@@H]1COC[C@@H]1OS(C)(=O)=O. The lowest BCUT2D eigenvalue weighted by atomic mass is 10.2. The van der Waals surface area contributed by atoms with Crippen LogP contribution in [0.25, 0.3) is 0 Å². The van der Waals surface area contributed by atoms with Crippen molar-refractivity contribution in [3.8, 4) is 0 Å². The van der Waals surface area contributed by atoms with E-state index in [4.69, 9.17) is 13.3 Å². The van der Waals surface area contributed by atoms with Crippen LogP contribution in [0.2, 0.25) is 18.1 Å². The second kappa shape index (κ2) is 5.20. The Kier molecular flexibility index (Phi) is 4.65. The lowest BCUT2D eigenvalue weighted by molar-refractivity contribution is 0.0855. The molecule has 0 unspecified atom stereocenters. The normalized spacial score (nSPS) is 26.6. The van der Waals surface area contributed by atoms with Gasteiger partial charge in [0.05, 0.1) is 25.6 Å². The monoisotopic (exact) mass is 296 g/mol. The van der Waals surface area contributed by atoms with Crippen LogP contribution < -0.4 is 0 Å². The first-order valence-corrected chi connectivity index (χ1v) is 10.8. The Morgan fingerprint density at radius 3 is 2.11 bits per heavy atom. The van der Waals surface area contributed by atoms with E-state index in [9.17, 15) is 8.42 Å². The van der Waals surface area contributed by atoms with Crippen LogP contribution in [0.5, 0.6) is 0 Å². The van der Waals surface area contributed by atoms with Crippen molar-refractivity contribution >= 4 is 18.4 Å². The van der Waals surface area contributed by atoms with Gasteiger partial charge in [-0.1, -0.05) is 20.8 Å². The summed E-state index contributed by atoms with van der Waals surface area (Å²) in [5.74, 6) is 0. The molecule has 1 heterocycles. The van der Waals surface area contributed by atoms with E-state index in [0.29, 0.717) is 6.61 Å². The molecule has 0 spiro atoms. The van der Waals surface area contributed by atoms with Crippen molar-refractivity contribution in [3.05, 3.63) is 0 Å². The molecule has 0 aromatic rings. The van der Waals surface area contributed by atoms with Gasteiger partial charge in [0.2, 0.25) is 0 Å². The molecule has 0 amide bonds. The van der Waals surface area contributed by atoms with Crippen LogP contribution in [0, 0.1) is 0 Å². The van der Waals surface area contributed by atoms with Crippen molar-refractivity contribution in [3.63, 3.8) is 0 Å². The first kappa shape index (κ1) is 16.1. The van der Waals surface area contributed by atoms with Crippen LogP contribution in [0.15, 0.2) is 0 Å². The molecule has 0 saturated carbocycles. The fraction of sp³-hybridized carbons (Fsp3) is 1.00. The molecule has 5 nitrogen and oxygen atoms in total. The molecular weight excluding hydrogens is 272 g/mol. The van der Waals surface area contributed by atoms with Gasteiger partial charge in [-0.05, 0) is 18.1 Å². The quantitative estimate of drug-likeness (QED) is 0.584. The van der Waals surface area contributed by atoms with Crippen LogP contribution >= 0.6 is 0 Å². The maximum Gasteiger partial charge on any atom is 0.264 e. The van der Waals surface area contributed by atoms with E-state index in [-0.39, 0.29) is 17.7 Å². The van der Waals surface area contributed by atoms with Gasteiger partial charge in [-0.15, -0.1) is 0 Å². The van der Waals surface area contributed by atoms with E-state index in [0.717, 1.165) is 6.26 Å². The molecule has 1 aliphatic heterocycles. The first-order chi connectivity index (χ1) is 7.92. The Bertz CT molecular complexity index is 385. The van der Waals surface area contributed by atoms with Gasteiger partial charge in [-0.25, -0.2) is 0 Å². The Labute approximate surface area is 111 Å². The Hall–Kier alpha value is 0.0469. The smallest absolute Gasteiger partial charge is 0.264 e. The number of hydrogen-bond acceptors (Lipinski definition) is 5. The molecule has 7 heteroatoms. The molecule has 1 aliphatic rings. The van der Waals surface area contributed by atoms with Crippen LogP contribution in [0.4, 0.5) is 0 Å². The van der Waals surface area contributed by atoms with E-state index in [1.807, 2.05) is 0 Å². The van der Waals surface area contributed by atoms with Crippen molar-refractivity contribution in [1.29, 1.82) is 0 Å². The maximum absolute atomic E-state index is 11.2. The summed E-state index contributed by atoms with van der Waals surface area (Å²) in [6, 6.07) is 0. The molecule has 1 saturated heterocycles. The molecule has 2 atom stereocenters. The van der Waals surface area contributed by atoms with Crippen molar-refractivity contribution in [1.82, 2.24) is 0 Å². The van der Waals surface area contributed by atoms with Gasteiger partial charge in [-0.3, -0.25) is 4.18 Å². The van der Waals surface area contributed by atoms with Gasteiger partial charge < -0.3 is 9.16 Å². The number of hydrogen-bond donors (Lipinski definition) is 0. The molecule has 1 rings (SSSR count). The number of ether oxygens (including phenoxy) is 1. The predicted octanol–water partition coefficient (Wildman–Crippen LogP) is 1.75. The third kappa shape index (κ3) is 4.31. The molecule has 108 valence electrons. The summed E-state index contributed by atoms with van der Waals surface area (Å²) in [5.41, 5.74) is 0. The summed E-state index contributed by atoms with van der Waals surface area (Å²) in [7, 11) is -5.42. The van der Waals surface area contributed by atoms with Gasteiger partial charge in [-0.2, -0.15) is 8.42 Å². The topological polar surface area (TPSA) is 61.8 Å². The van der Waals surface area contributed by atoms with Crippen molar-refractivity contribution in [2.75, 3.05) is 19.5 Å². The van der Waals surface area contributed by atoms with Crippen LogP contribution in [-0.4, -0.2) is 48.4 Å². The van der Waals surface area contributed by atoms with Gasteiger partial charge >= 0.3 is 0 Å². The Morgan fingerprint density at radius 1 is 1.17 bits per heavy atom. The average molecular weight is 296 g/mol. The summed E-state index contributed by atoms with van der Waals surface area (Å²) in [5, 5.41) is 0.0746. The van der Waals surface area contributed by atoms with Gasteiger partial charge in [0.15, 0.2) is 8.32 Å². The fourth-order valence-corrected chi connectivity index (χ4v) is 3.45. The van der Waals surface area contributed by atoms with E-state index in [2.05, 4.69) is 33.9 Å². The zero-order valence-corrected chi connectivity index (χ0v) is 13.8. The highest BCUT2D eigenvalue weighted by atomic mass is 32.2. The largest absolute Gasteiger partial charge is 0.409 e. The minimum Gasteiger partial charge on any atom is -0.409 e. The molecular formula is C11H24O5SSi. The summed E-state index contributed by atoms with van der Waals surface area (Å²) < 4.78 is 38.8. The number of rotatable bonds is 4. The Morgan fingerprint density at radius 2 is 1.67 bits per heavy atom. The highest BCUT2D eigenvalue weighted by Crippen LogP contribution is 2.38. The van der Waals surface area contributed by atoms with Crippen molar-refractivity contribution < 1.29 is 21.8 Å². The molecule has 0 aromatic carbocycles. The minimum absolute atomic E-state index is 0.0746. The highest BCUT2D eigenvalue weighted by Gasteiger charge is 2.43. The molecule has 1 fully saturated rings. The second-order valence-corrected chi connectivity index (χ2v) is 12.6. The maximum atomic E-state index is 11.2. The zero-order chi connectivity index (χ0) is 14.2. The van der Waals surface area contributed by atoms with Gasteiger partial charge in [0.25, 0.3) is 10.1 Å². The van der Waals surface area contributed by atoms with E-state index in [1.54, 1.807) is 0 Å². The van der Waals surface area contributed by atoms with E-state index in [1.165, 1.54) is 0 Å². The average Bonchev–Trinajstić information content (AvgIpc) is 2.46. The minimum atomic E-state index is -3.48. The first-order valence-electron chi connectivity index (χ1n) is 6.06. The van der Waals surface area contributed by atoms with E-state index >= 15 is 0 Å².